The molecule has 2 aromatic rings. The predicted molar refractivity (Wildman–Crippen MR) is 88.4 cm³/mol. The molecular weight excluding hydrogens is 280 g/mol. The SMILES string of the molecule is C[C@H](CSc1ccccc1)[C@@H](O)COCc1ccccc1. The molecule has 0 aliphatic rings. The molecule has 21 heavy (non-hydrogen) atoms. The van der Waals surface area contributed by atoms with Crippen LogP contribution in [0.4, 0.5) is 0 Å². The molecule has 3 heteroatoms. The van der Waals surface area contributed by atoms with Crippen molar-refractivity contribution in [2.24, 2.45) is 5.92 Å². The first-order chi connectivity index (χ1) is 10.3. The molecule has 0 aliphatic heterocycles. The van der Waals surface area contributed by atoms with Crippen molar-refractivity contribution < 1.29 is 9.84 Å². The second-order valence-electron chi connectivity index (χ2n) is 5.17. The van der Waals surface area contributed by atoms with Gasteiger partial charge in [-0.1, -0.05) is 55.5 Å². The van der Waals surface area contributed by atoms with E-state index < -0.39 is 6.10 Å². The molecule has 1 N–H and O–H groups in total. The lowest BCUT2D eigenvalue weighted by atomic mass is 10.1. The van der Waals surface area contributed by atoms with Gasteiger partial charge < -0.3 is 9.84 Å². The van der Waals surface area contributed by atoms with Gasteiger partial charge in [0.1, 0.15) is 0 Å². The molecule has 0 spiro atoms. The average Bonchev–Trinajstić information content (AvgIpc) is 2.54. The van der Waals surface area contributed by atoms with Gasteiger partial charge in [0.25, 0.3) is 0 Å². The Bertz CT molecular complexity index is 501. The monoisotopic (exact) mass is 302 g/mol. The highest BCUT2D eigenvalue weighted by molar-refractivity contribution is 7.99. The number of hydrogen-bond acceptors (Lipinski definition) is 3. The van der Waals surface area contributed by atoms with Crippen LogP contribution in [0.25, 0.3) is 0 Å². The van der Waals surface area contributed by atoms with Crippen LogP contribution < -0.4 is 0 Å². The molecule has 0 aromatic heterocycles. The minimum Gasteiger partial charge on any atom is -0.390 e. The van der Waals surface area contributed by atoms with Crippen LogP contribution in [0.5, 0.6) is 0 Å². The molecule has 2 nitrogen and oxygen atoms in total. The fourth-order valence-electron chi connectivity index (χ4n) is 1.89. The van der Waals surface area contributed by atoms with E-state index in [1.54, 1.807) is 11.8 Å². The van der Waals surface area contributed by atoms with Crippen LogP contribution in [0.2, 0.25) is 0 Å². The van der Waals surface area contributed by atoms with Crippen LogP contribution in [-0.2, 0) is 11.3 Å². The summed E-state index contributed by atoms with van der Waals surface area (Å²) in [5.74, 6) is 1.09. The third-order valence-electron chi connectivity index (χ3n) is 3.31. The molecule has 2 atom stereocenters. The van der Waals surface area contributed by atoms with Gasteiger partial charge in [-0.3, -0.25) is 0 Å². The van der Waals surface area contributed by atoms with Crippen molar-refractivity contribution in [1.82, 2.24) is 0 Å². The highest BCUT2D eigenvalue weighted by Crippen LogP contribution is 2.21. The van der Waals surface area contributed by atoms with E-state index in [0.29, 0.717) is 13.2 Å². The summed E-state index contributed by atoms with van der Waals surface area (Å²) in [6, 6.07) is 20.3. The van der Waals surface area contributed by atoms with Crippen molar-refractivity contribution in [2.75, 3.05) is 12.4 Å². The Morgan fingerprint density at radius 1 is 1.00 bits per heavy atom. The van der Waals surface area contributed by atoms with E-state index in [-0.39, 0.29) is 5.92 Å². The summed E-state index contributed by atoms with van der Waals surface area (Å²) in [5, 5.41) is 10.1. The zero-order chi connectivity index (χ0) is 14.9. The van der Waals surface area contributed by atoms with Gasteiger partial charge in [-0.05, 0) is 23.6 Å². The maximum atomic E-state index is 10.1. The van der Waals surface area contributed by atoms with Gasteiger partial charge in [-0.15, -0.1) is 11.8 Å². The topological polar surface area (TPSA) is 29.5 Å². The normalized spacial score (nSPS) is 13.8. The maximum absolute atomic E-state index is 10.1. The Labute approximate surface area is 131 Å². The number of benzene rings is 2. The summed E-state index contributed by atoms with van der Waals surface area (Å²) in [5.41, 5.74) is 1.14. The van der Waals surface area contributed by atoms with Crippen LogP contribution in [0, 0.1) is 5.92 Å². The van der Waals surface area contributed by atoms with E-state index in [4.69, 9.17) is 4.74 Å². The Hall–Kier alpha value is -1.29. The van der Waals surface area contributed by atoms with Gasteiger partial charge in [0.2, 0.25) is 0 Å². The summed E-state index contributed by atoms with van der Waals surface area (Å²) in [6.07, 6.45) is -0.426. The van der Waals surface area contributed by atoms with E-state index in [9.17, 15) is 5.11 Å². The molecule has 2 aromatic carbocycles. The van der Waals surface area contributed by atoms with Crippen molar-refractivity contribution in [3.63, 3.8) is 0 Å². The van der Waals surface area contributed by atoms with Gasteiger partial charge in [0.05, 0.1) is 19.3 Å². The lowest BCUT2D eigenvalue weighted by Crippen LogP contribution is -2.25. The first kappa shape index (κ1) is 16.1. The smallest absolute Gasteiger partial charge is 0.0807 e. The molecule has 0 unspecified atom stereocenters. The van der Waals surface area contributed by atoms with E-state index >= 15 is 0 Å². The fourth-order valence-corrected chi connectivity index (χ4v) is 2.92. The molecule has 0 saturated heterocycles. The first-order valence-corrected chi connectivity index (χ1v) is 8.22. The molecule has 0 radical (unpaired) electrons. The van der Waals surface area contributed by atoms with Crippen molar-refractivity contribution in [3.8, 4) is 0 Å². The summed E-state index contributed by atoms with van der Waals surface area (Å²) < 4.78 is 5.60. The molecule has 0 fully saturated rings. The van der Waals surface area contributed by atoms with Crippen LogP contribution in [0.15, 0.2) is 65.6 Å². The van der Waals surface area contributed by atoms with Crippen LogP contribution in [0.3, 0.4) is 0 Å². The minimum atomic E-state index is -0.426. The van der Waals surface area contributed by atoms with Gasteiger partial charge in [0, 0.05) is 10.6 Å². The second kappa shape index (κ2) is 8.88. The second-order valence-corrected chi connectivity index (χ2v) is 6.26. The Morgan fingerprint density at radius 2 is 1.62 bits per heavy atom. The Kier molecular flexibility index (Phi) is 6.80. The summed E-state index contributed by atoms with van der Waals surface area (Å²) in [6.45, 7) is 2.99. The predicted octanol–water partition coefficient (Wildman–Crippen LogP) is 3.99. The molecule has 0 heterocycles. The van der Waals surface area contributed by atoms with E-state index in [1.165, 1.54) is 4.90 Å². The molecular formula is C18H22O2S. The third kappa shape index (κ3) is 5.92. The highest BCUT2D eigenvalue weighted by atomic mass is 32.2. The highest BCUT2D eigenvalue weighted by Gasteiger charge is 2.14. The van der Waals surface area contributed by atoms with Crippen LogP contribution in [0.1, 0.15) is 12.5 Å². The number of hydrogen-bond donors (Lipinski definition) is 1. The molecule has 112 valence electrons. The first-order valence-electron chi connectivity index (χ1n) is 7.23. The summed E-state index contributed by atoms with van der Waals surface area (Å²) in [4.78, 5) is 1.24. The molecule has 0 saturated carbocycles. The molecule has 0 aliphatic carbocycles. The zero-order valence-electron chi connectivity index (χ0n) is 12.3. The number of rotatable bonds is 8. The van der Waals surface area contributed by atoms with E-state index in [2.05, 4.69) is 19.1 Å². The van der Waals surface area contributed by atoms with Gasteiger partial charge in [-0.25, -0.2) is 0 Å². The lowest BCUT2D eigenvalue weighted by molar-refractivity contribution is 0.00708. The van der Waals surface area contributed by atoms with Gasteiger partial charge >= 0.3 is 0 Å². The van der Waals surface area contributed by atoms with E-state index in [0.717, 1.165) is 11.3 Å². The number of ether oxygens (including phenoxy) is 1. The van der Waals surface area contributed by atoms with Gasteiger partial charge in [-0.2, -0.15) is 0 Å². The molecule has 0 bridgehead atoms. The zero-order valence-corrected chi connectivity index (χ0v) is 13.1. The minimum absolute atomic E-state index is 0.200. The van der Waals surface area contributed by atoms with Crippen molar-refractivity contribution >= 4 is 11.8 Å². The fraction of sp³-hybridized carbons (Fsp3) is 0.333. The van der Waals surface area contributed by atoms with Crippen molar-refractivity contribution in [3.05, 3.63) is 66.2 Å². The largest absolute Gasteiger partial charge is 0.390 e. The Balaban J connectivity index is 1.66. The van der Waals surface area contributed by atoms with Crippen LogP contribution in [-0.4, -0.2) is 23.6 Å². The number of aliphatic hydroxyl groups is 1. The lowest BCUT2D eigenvalue weighted by Gasteiger charge is -2.18. The third-order valence-corrected chi connectivity index (χ3v) is 4.61. The summed E-state index contributed by atoms with van der Waals surface area (Å²) in [7, 11) is 0. The Morgan fingerprint density at radius 3 is 2.29 bits per heavy atom. The number of aliphatic hydroxyl groups excluding tert-OH is 1. The van der Waals surface area contributed by atoms with Crippen molar-refractivity contribution in [1.29, 1.82) is 0 Å². The average molecular weight is 302 g/mol. The van der Waals surface area contributed by atoms with Crippen LogP contribution >= 0.6 is 11.8 Å². The number of thioether (sulfide) groups is 1. The summed E-state index contributed by atoms with van der Waals surface area (Å²) >= 11 is 1.77. The van der Waals surface area contributed by atoms with Gasteiger partial charge in [0.15, 0.2) is 0 Å². The quantitative estimate of drug-likeness (QED) is 0.748. The maximum Gasteiger partial charge on any atom is 0.0807 e. The molecule has 2 rings (SSSR count). The van der Waals surface area contributed by atoms with E-state index in [1.807, 2.05) is 48.5 Å². The standard InChI is InChI=1S/C18H22O2S/c1-15(14-21-17-10-6-3-7-11-17)18(19)13-20-12-16-8-4-2-5-9-16/h2-11,15,18-19H,12-14H2,1H3/t15-,18+/m1/s1. The van der Waals surface area contributed by atoms with Crippen molar-refractivity contribution in [2.45, 2.75) is 24.5 Å². The molecule has 0 amide bonds.